The van der Waals surface area contributed by atoms with Crippen molar-refractivity contribution >= 4 is 17.3 Å². The molecular formula is C8H12N2O2S. The molecule has 0 saturated heterocycles. The molecule has 0 spiro atoms. The van der Waals surface area contributed by atoms with E-state index in [1.54, 1.807) is 0 Å². The Morgan fingerprint density at radius 2 is 2.31 bits per heavy atom. The van der Waals surface area contributed by atoms with Crippen molar-refractivity contribution in [1.82, 2.24) is 10.2 Å². The summed E-state index contributed by atoms with van der Waals surface area (Å²) in [5.74, 6) is -1.28. The van der Waals surface area contributed by atoms with Crippen LogP contribution in [0.15, 0.2) is 0 Å². The number of carboxylic acid groups (broad SMARTS) is 1. The summed E-state index contributed by atoms with van der Waals surface area (Å²) in [6.45, 7) is 3.79. The molecule has 5 heteroatoms. The number of nitrogens with zero attached hydrogens (tertiary/aromatic N) is 2. The molecule has 0 saturated carbocycles. The Balaban J connectivity index is 2.81. The summed E-state index contributed by atoms with van der Waals surface area (Å²) in [5.41, 5.74) is 0. The monoisotopic (exact) mass is 200 g/mol. The number of aliphatic carboxylic acids is 1. The molecule has 0 amide bonds. The van der Waals surface area contributed by atoms with E-state index >= 15 is 0 Å². The summed E-state index contributed by atoms with van der Waals surface area (Å²) in [4.78, 5) is 10.8. The molecule has 1 aromatic rings. The highest BCUT2D eigenvalue weighted by molar-refractivity contribution is 7.11. The third-order valence-electron chi connectivity index (χ3n) is 1.72. The lowest BCUT2D eigenvalue weighted by atomic mass is 10.1. The first kappa shape index (κ1) is 10.1. The number of hydrogen-bond acceptors (Lipinski definition) is 4. The summed E-state index contributed by atoms with van der Waals surface area (Å²) >= 11 is 1.36. The molecule has 72 valence electrons. The molecule has 0 bridgehead atoms. The van der Waals surface area contributed by atoms with Gasteiger partial charge < -0.3 is 5.11 Å². The molecular weight excluding hydrogens is 188 g/mol. The maximum Gasteiger partial charge on any atom is 0.313 e. The normalized spacial score (nSPS) is 12.8. The van der Waals surface area contributed by atoms with Crippen LogP contribution in [0.4, 0.5) is 0 Å². The van der Waals surface area contributed by atoms with Crippen LogP contribution in [-0.4, -0.2) is 21.3 Å². The van der Waals surface area contributed by atoms with Crippen molar-refractivity contribution in [2.45, 2.75) is 32.6 Å². The van der Waals surface area contributed by atoms with Gasteiger partial charge in [0.05, 0.1) is 0 Å². The van der Waals surface area contributed by atoms with Crippen LogP contribution in [0.2, 0.25) is 0 Å². The van der Waals surface area contributed by atoms with Crippen molar-refractivity contribution in [3.8, 4) is 0 Å². The van der Waals surface area contributed by atoms with Gasteiger partial charge in [0.2, 0.25) is 0 Å². The van der Waals surface area contributed by atoms with Crippen LogP contribution < -0.4 is 0 Å². The highest BCUT2D eigenvalue weighted by Crippen LogP contribution is 2.24. The van der Waals surface area contributed by atoms with Gasteiger partial charge in [0.1, 0.15) is 15.9 Å². The quantitative estimate of drug-likeness (QED) is 0.805. The summed E-state index contributed by atoms with van der Waals surface area (Å²) in [6, 6.07) is 0. The van der Waals surface area contributed by atoms with Gasteiger partial charge in [-0.15, -0.1) is 21.5 Å². The Morgan fingerprint density at radius 3 is 2.69 bits per heavy atom. The number of hydrogen-bond donors (Lipinski definition) is 1. The van der Waals surface area contributed by atoms with E-state index < -0.39 is 11.9 Å². The molecule has 1 atom stereocenters. The number of aromatic nitrogens is 2. The average molecular weight is 200 g/mol. The first-order valence-electron chi connectivity index (χ1n) is 4.18. The molecule has 1 unspecified atom stereocenters. The minimum Gasteiger partial charge on any atom is -0.481 e. The second kappa shape index (κ2) is 4.32. The molecule has 0 aliphatic carbocycles. The number of aryl methyl sites for hydroxylation is 1. The zero-order chi connectivity index (χ0) is 9.84. The Hall–Kier alpha value is -0.970. The molecule has 1 aromatic heterocycles. The third-order valence-corrected chi connectivity index (χ3v) is 2.67. The maximum atomic E-state index is 10.8. The van der Waals surface area contributed by atoms with Gasteiger partial charge in [0.25, 0.3) is 0 Å². The van der Waals surface area contributed by atoms with Gasteiger partial charge >= 0.3 is 5.97 Å². The molecule has 13 heavy (non-hydrogen) atoms. The van der Waals surface area contributed by atoms with Gasteiger partial charge in [-0.05, 0) is 13.3 Å². The minimum atomic E-state index is -0.807. The average Bonchev–Trinajstić information content (AvgIpc) is 2.46. The lowest BCUT2D eigenvalue weighted by Crippen LogP contribution is -2.10. The zero-order valence-corrected chi connectivity index (χ0v) is 8.47. The number of carboxylic acids is 1. The van der Waals surface area contributed by atoms with Gasteiger partial charge in [-0.25, -0.2) is 0 Å². The van der Waals surface area contributed by atoms with Crippen LogP contribution in [0.3, 0.4) is 0 Å². The second-order valence-corrected chi connectivity index (χ2v) is 4.05. The number of carbonyl (C=O) groups is 1. The molecule has 0 aliphatic rings. The molecule has 0 aromatic carbocycles. The third kappa shape index (κ3) is 2.48. The van der Waals surface area contributed by atoms with Gasteiger partial charge in [0, 0.05) is 0 Å². The molecule has 1 heterocycles. The Labute approximate surface area is 80.6 Å². The fourth-order valence-corrected chi connectivity index (χ4v) is 1.92. The zero-order valence-electron chi connectivity index (χ0n) is 7.65. The summed E-state index contributed by atoms with van der Waals surface area (Å²) in [7, 11) is 0. The van der Waals surface area contributed by atoms with Crippen molar-refractivity contribution in [2.24, 2.45) is 0 Å². The van der Waals surface area contributed by atoms with Crippen LogP contribution in [-0.2, 0) is 4.79 Å². The van der Waals surface area contributed by atoms with Crippen molar-refractivity contribution in [3.05, 3.63) is 10.0 Å². The van der Waals surface area contributed by atoms with E-state index in [-0.39, 0.29) is 0 Å². The van der Waals surface area contributed by atoms with Crippen LogP contribution in [0.5, 0.6) is 0 Å². The van der Waals surface area contributed by atoms with Crippen molar-refractivity contribution in [2.75, 3.05) is 0 Å². The molecule has 0 fully saturated rings. The molecule has 0 radical (unpaired) electrons. The van der Waals surface area contributed by atoms with E-state index in [2.05, 4.69) is 10.2 Å². The second-order valence-electron chi connectivity index (χ2n) is 2.84. The SMILES string of the molecule is CCCC(C(=O)O)c1nnc(C)s1. The lowest BCUT2D eigenvalue weighted by molar-refractivity contribution is -0.139. The Morgan fingerprint density at radius 1 is 1.62 bits per heavy atom. The maximum absolute atomic E-state index is 10.8. The van der Waals surface area contributed by atoms with Gasteiger partial charge in [-0.2, -0.15) is 0 Å². The van der Waals surface area contributed by atoms with Gasteiger partial charge in [0.15, 0.2) is 0 Å². The largest absolute Gasteiger partial charge is 0.481 e. The molecule has 4 nitrogen and oxygen atoms in total. The fraction of sp³-hybridized carbons (Fsp3) is 0.625. The van der Waals surface area contributed by atoms with Crippen molar-refractivity contribution in [3.63, 3.8) is 0 Å². The van der Waals surface area contributed by atoms with E-state index in [0.717, 1.165) is 11.4 Å². The van der Waals surface area contributed by atoms with Crippen molar-refractivity contribution in [1.29, 1.82) is 0 Å². The predicted molar refractivity (Wildman–Crippen MR) is 49.9 cm³/mol. The first-order valence-corrected chi connectivity index (χ1v) is 4.99. The van der Waals surface area contributed by atoms with E-state index in [1.165, 1.54) is 11.3 Å². The van der Waals surface area contributed by atoms with Crippen molar-refractivity contribution < 1.29 is 9.90 Å². The summed E-state index contributed by atoms with van der Waals surface area (Å²) < 4.78 is 0. The van der Waals surface area contributed by atoms with Crippen LogP contribution in [0.25, 0.3) is 0 Å². The van der Waals surface area contributed by atoms with E-state index in [1.807, 2.05) is 13.8 Å². The van der Waals surface area contributed by atoms with Gasteiger partial charge in [-0.3, -0.25) is 4.79 Å². The predicted octanol–water partition coefficient (Wildman–Crippen LogP) is 1.81. The summed E-state index contributed by atoms with van der Waals surface area (Å²) in [6.07, 6.45) is 1.47. The number of rotatable bonds is 4. The van der Waals surface area contributed by atoms with Crippen LogP contribution in [0.1, 0.15) is 35.7 Å². The lowest BCUT2D eigenvalue weighted by Gasteiger charge is -2.05. The highest BCUT2D eigenvalue weighted by Gasteiger charge is 2.22. The topological polar surface area (TPSA) is 63.1 Å². The smallest absolute Gasteiger partial charge is 0.313 e. The first-order chi connectivity index (χ1) is 6.15. The van der Waals surface area contributed by atoms with Crippen LogP contribution >= 0.6 is 11.3 Å². The Kier molecular flexibility index (Phi) is 3.36. The van der Waals surface area contributed by atoms with Crippen LogP contribution in [0, 0.1) is 6.92 Å². The van der Waals surface area contributed by atoms with Gasteiger partial charge in [-0.1, -0.05) is 13.3 Å². The molecule has 1 rings (SSSR count). The molecule has 1 N–H and O–H groups in total. The highest BCUT2D eigenvalue weighted by atomic mass is 32.1. The van der Waals surface area contributed by atoms with E-state index in [4.69, 9.17) is 5.11 Å². The minimum absolute atomic E-state index is 0.476. The van der Waals surface area contributed by atoms with E-state index in [9.17, 15) is 4.79 Å². The molecule has 0 aliphatic heterocycles. The van der Waals surface area contributed by atoms with E-state index in [0.29, 0.717) is 11.4 Å². The fourth-order valence-electron chi connectivity index (χ4n) is 1.09. The summed E-state index contributed by atoms with van der Waals surface area (Å²) in [5, 5.41) is 18.0. The standard InChI is InChI=1S/C8H12N2O2S/c1-3-4-6(8(11)12)7-10-9-5(2)13-7/h6H,3-4H2,1-2H3,(H,11,12). The Bertz CT molecular complexity index is 298.